The predicted molar refractivity (Wildman–Crippen MR) is 89.9 cm³/mol. The molecule has 0 radical (unpaired) electrons. The number of hydrogen-bond donors (Lipinski definition) is 2. The molecule has 0 fully saturated rings. The zero-order valence-electron chi connectivity index (χ0n) is 14.2. The highest BCUT2D eigenvalue weighted by atomic mass is 16.5. The van der Waals surface area contributed by atoms with Crippen molar-refractivity contribution in [2.75, 3.05) is 7.11 Å². The van der Waals surface area contributed by atoms with Crippen LogP contribution >= 0.6 is 0 Å². The summed E-state index contributed by atoms with van der Waals surface area (Å²) in [6.07, 6.45) is 1.29. The van der Waals surface area contributed by atoms with E-state index in [1.54, 1.807) is 6.92 Å². The summed E-state index contributed by atoms with van der Waals surface area (Å²) in [5.74, 6) is 0.669. The van der Waals surface area contributed by atoms with E-state index in [-0.39, 0.29) is 11.5 Å². The van der Waals surface area contributed by atoms with E-state index in [9.17, 15) is 15.0 Å². The Hall–Kier alpha value is -2.49. The number of carbonyl (C=O) groups is 1. The number of methoxy groups -OCH3 is 1. The maximum Gasteiger partial charge on any atom is 0.163 e. The number of benzene rings is 2. The van der Waals surface area contributed by atoms with Gasteiger partial charge in [-0.2, -0.15) is 0 Å². The number of rotatable bonds is 4. The zero-order chi connectivity index (χ0) is 17.3. The molecule has 4 nitrogen and oxygen atoms in total. The molecule has 122 valence electrons. The van der Waals surface area contributed by atoms with Gasteiger partial charge in [0.05, 0.1) is 12.7 Å². The van der Waals surface area contributed by atoms with Gasteiger partial charge in [0.2, 0.25) is 0 Å². The van der Waals surface area contributed by atoms with Gasteiger partial charge in [-0.15, -0.1) is 0 Å². The lowest BCUT2D eigenvalue weighted by Gasteiger charge is -2.17. The van der Waals surface area contributed by atoms with Crippen molar-refractivity contribution in [2.24, 2.45) is 0 Å². The van der Waals surface area contributed by atoms with Crippen LogP contribution in [-0.4, -0.2) is 23.6 Å². The molecule has 0 aliphatic rings. The first kappa shape index (κ1) is 16.9. The quantitative estimate of drug-likeness (QED) is 0.844. The molecule has 2 rings (SSSR count). The van der Waals surface area contributed by atoms with E-state index in [0.29, 0.717) is 29.6 Å². The van der Waals surface area contributed by atoms with E-state index in [1.807, 2.05) is 32.9 Å². The molecule has 0 unspecified atom stereocenters. The van der Waals surface area contributed by atoms with Gasteiger partial charge in [-0.05, 0) is 67.5 Å². The van der Waals surface area contributed by atoms with Gasteiger partial charge >= 0.3 is 0 Å². The first-order valence-corrected chi connectivity index (χ1v) is 7.45. The van der Waals surface area contributed by atoms with Crippen LogP contribution < -0.4 is 4.74 Å². The summed E-state index contributed by atoms with van der Waals surface area (Å²) in [4.78, 5) is 11.3. The highest BCUT2D eigenvalue weighted by Gasteiger charge is 2.17. The molecule has 0 saturated carbocycles. The lowest BCUT2D eigenvalue weighted by molar-refractivity contribution is 0.112. The fraction of sp³-hybridized carbons (Fsp3) is 0.316. The molecule has 23 heavy (non-hydrogen) atoms. The number of hydrogen-bond acceptors (Lipinski definition) is 4. The highest BCUT2D eigenvalue weighted by Crippen LogP contribution is 2.37. The lowest BCUT2D eigenvalue weighted by Crippen LogP contribution is -2.02. The Balaban J connectivity index is 2.59. The largest absolute Gasteiger partial charge is 0.507 e. The van der Waals surface area contributed by atoms with Gasteiger partial charge in [-0.1, -0.05) is 12.1 Å². The first-order chi connectivity index (χ1) is 10.8. The molecule has 0 aliphatic carbocycles. The van der Waals surface area contributed by atoms with Crippen molar-refractivity contribution in [3.8, 4) is 17.2 Å². The van der Waals surface area contributed by atoms with Crippen molar-refractivity contribution in [1.82, 2.24) is 0 Å². The van der Waals surface area contributed by atoms with E-state index in [2.05, 4.69) is 0 Å². The van der Waals surface area contributed by atoms with Crippen LogP contribution in [0.5, 0.6) is 17.2 Å². The maximum absolute atomic E-state index is 11.3. The fourth-order valence-electron chi connectivity index (χ4n) is 2.91. The Morgan fingerprint density at radius 2 is 1.48 bits per heavy atom. The van der Waals surface area contributed by atoms with Crippen molar-refractivity contribution in [1.29, 1.82) is 0 Å². The van der Waals surface area contributed by atoms with Crippen LogP contribution in [0.15, 0.2) is 12.1 Å². The number of aryl methyl sites for hydroxylation is 2. The molecule has 0 atom stereocenters. The van der Waals surface area contributed by atoms with E-state index in [1.165, 1.54) is 7.11 Å². The monoisotopic (exact) mass is 314 g/mol. The van der Waals surface area contributed by atoms with Crippen LogP contribution in [0, 0.1) is 27.7 Å². The molecule has 2 aromatic rings. The SMILES string of the molecule is COc1c(C)c(Cc2cc(C)c(O)c(C=O)c2C)cc(C)c1O. The Morgan fingerprint density at radius 3 is 2.00 bits per heavy atom. The van der Waals surface area contributed by atoms with Crippen molar-refractivity contribution >= 4 is 6.29 Å². The van der Waals surface area contributed by atoms with Gasteiger partial charge < -0.3 is 14.9 Å². The molecule has 0 amide bonds. The summed E-state index contributed by atoms with van der Waals surface area (Å²) in [6.45, 7) is 7.34. The molecule has 0 bridgehead atoms. The number of aromatic hydroxyl groups is 2. The van der Waals surface area contributed by atoms with Crippen LogP contribution in [0.2, 0.25) is 0 Å². The summed E-state index contributed by atoms with van der Waals surface area (Å²) < 4.78 is 5.31. The van der Waals surface area contributed by atoms with Gasteiger partial charge in [0.1, 0.15) is 5.75 Å². The van der Waals surface area contributed by atoms with Gasteiger partial charge in [0, 0.05) is 0 Å². The van der Waals surface area contributed by atoms with Crippen LogP contribution in [0.1, 0.15) is 43.7 Å². The van der Waals surface area contributed by atoms with Crippen LogP contribution in [0.3, 0.4) is 0 Å². The third kappa shape index (κ3) is 2.89. The zero-order valence-corrected chi connectivity index (χ0v) is 14.2. The third-order valence-electron chi connectivity index (χ3n) is 4.41. The van der Waals surface area contributed by atoms with Gasteiger partial charge in [-0.3, -0.25) is 4.79 Å². The molecule has 0 aromatic heterocycles. The molecular weight excluding hydrogens is 292 g/mol. The molecule has 2 N–H and O–H groups in total. The average molecular weight is 314 g/mol. The standard InChI is InChI=1S/C19H22O4/c1-10-6-14(12(3)16(9-20)17(10)21)8-15-7-11(2)18(22)19(23-5)13(15)4/h6-7,9,21-22H,8H2,1-5H3. The van der Waals surface area contributed by atoms with Crippen LogP contribution in [-0.2, 0) is 6.42 Å². The third-order valence-corrected chi connectivity index (χ3v) is 4.41. The van der Waals surface area contributed by atoms with Crippen LogP contribution in [0.4, 0.5) is 0 Å². The second-order valence-corrected chi connectivity index (χ2v) is 5.89. The molecule has 0 aliphatic heterocycles. The lowest BCUT2D eigenvalue weighted by atomic mass is 9.91. The summed E-state index contributed by atoms with van der Waals surface area (Å²) in [7, 11) is 1.53. The fourth-order valence-corrected chi connectivity index (χ4v) is 2.91. The highest BCUT2D eigenvalue weighted by molar-refractivity contribution is 5.83. The number of ether oxygens (including phenoxy) is 1. The molecular formula is C19H22O4. The molecule has 0 spiro atoms. The minimum Gasteiger partial charge on any atom is -0.507 e. The summed E-state index contributed by atoms with van der Waals surface area (Å²) in [6, 6.07) is 3.82. The van der Waals surface area contributed by atoms with E-state index in [4.69, 9.17) is 4.74 Å². The van der Waals surface area contributed by atoms with Crippen molar-refractivity contribution in [3.05, 3.63) is 51.1 Å². The number of phenols is 2. The Morgan fingerprint density at radius 1 is 0.957 bits per heavy atom. The van der Waals surface area contributed by atoms with Crippen molar-refractivity contribution < 1.29 is 19.7 Å². The predicted octanol–water partition coefficient (Wildman–Crippen LogP) is 3.74. The van der Waals surface area contributed by atoms with Gasteiger partial charge in [-0.25, -0.2) is 0 Å². The topological polar surface area (TPSA) is 66.8 Å². The Kier molecular flexibility index (Phi) is 4.64. The normalized spacial score (nSPS) is 10.7. The maximum atomic E-state index is 11.3. The molecule has 0 heterocycles. The summed E-state index contributed by atoms with van der Waals surface area (Å²) in [5, 5.41) is 20.1. The minimum atomic E-state index is 0.0393. The number of aldehydes is 1. The Bertz CT molecular complexity index is 776. The number of phenolic OH excluding ortho intramolecular Hbond substituents is 2. The summed E-state index contributed by atoms with van der Waals surface area (Å²) >= 11 is 0. The molecule has 2 aromatic carbocycles. The van der Waals surface area contributed by atoms with Gasteiger partial charge in [0.15, 0.2) is 17.8 Å². The Labute approximate surface area is 136 Å². The number of carbonyl (C=O) groups excluding carboxylic acids is 1. The van der Waals surface area contributed by atoms with Gasteiger partial charge in [0.25, 0.3) is 0 Å². The smallest absolute Gasteiger partial charge is 0.163 e. The van der Waals surface area contributed by atoms with E-state index in [0.717, 1.165) is 27.8 Å². The van der Waals surface area contributed by atoms with E-state index >= 15 is 0 Å². The minimum absolute atomic E-state index is 0.0393. The van der Waals surface area contributed by atoms with E-state index < -0.39 is 0 Å². The molecule has 0 saturated heterocycles. The summed E-state index contributed by atoms with van der Waals surface area (Å²) in [5.41, 5.74) is 5.37. The van der Waals surface area contributed by atoms with Crippen molar-refractivity contribution in [2.45, 2.75) is 34.1 Å². The second-order valence-electron chi connectivity index (χ2n) is 5.89. The second kappa shape index (κ2) is 6.32. The van der Waals surface area contributed by atoms with Crippen molar-refractivity contribution in [3.63, 3.8) is 0 Å². The van der Waals surface area contributed by atoms with Crippen LogP contribution in [0.25, 0.3) is 0 Å². The average Bonchev–Trinajstić information content (AvgIpc) is 2.51. The first-order valence-electron chi connectivity index (χ1n) is 7.45. The molecule has 4 heteroatoms.